The van der Waals surface area contributed by atoms with Crippen molar-refractivity contribution in [1.82, 2.24) is 0 Å². The molecule has 0 bridgehead atoms. The average molecular weight is 410 g/mol. The zero-order chi connectivity index (χ0) is 13.5. The van der Waals surface area contributed by atoms with Crippen LogP contribution in [0.3, 0.4) is 0 Å². The van der Waals surface area contributed by atoms with Crippen LogP contribution in [0.25, 0.3) is 0 Å². The van der Waals surface area contributed by atoms with E-state index in [2.05, 4.69) is 71.1 Å². The molecule has 2 aromatic carbocycles. The number of hydrogen-bond donors (Lipinski definition) is 0. The molecule has 22 heavy (non-hydrogen) atoms. The summed E-state index contributed by atoms with van der Waals surface area (Å²) >= 11 is 0. The molecular formula is C17H23Cl3SiTi. The molecule has 0 amide bonds. The molecule has 0 N–H and O–H groups in total. The van der Waals surface area contributed by atoms with E-state index in [-0.39, 0.29) is 58.9 Å². The summed E-state index contributed by atoms with van der Waals surface area (Å²) in [6.07, 6.45) is 0. The Balaban J connectivity index is -0.000000902. The van der Waals surface area contributed by atoms with Gasteiger partial charge in [0.2, 0.25) is 0 Å². The van der Waals surface area contributed by atoms with Crippen LogP contribution in [-0.4, -0.2) is 8.07 Å². The van der Waals surface area contributed by atoms with E-state index < -0.39 is 8.07 Å². The van der Waals surface area contributed by atoms with Crippen molar-refractivity contribution in [3.8, 4) is 0 Å². The Bertz CT molecular complexity index is 552. The third-order valence-corrected chi connectivity index (χ3v) is 7.71. The summed E-state index contributed by atoms with van der Waals surface area (Å²) in [6.45, 7) is 13.8. The summed E-state index contributed by atoms with van der Waals surface area (Å²) in [6, 6.07) is 11.6. The van der Waals surface area contributed by atoms with Crippen molar-refractivity contribution < 1.29 is 58.9 Å². The van der Waals surface area contributed by atoms with Gasteiger partial charge in [0.25, 0.3) is 0 Å². The number of hydrogen-bond acceptors (Lipinski definition) is 0. The van der Waals surface area contributed by atoms with E-state index in [0.717, 1.165) is 0 Å². The summed E-state index contributed by atoms with van der Waals surface area (Å²) in [5.41, 5.74) is 5.69. The third-order valence-electron chi connectivity index (χ3n) is 3.94. The van der Waals surface area contributed by atoms with Crippen LogP contribution in [0.5, 0.6) is 0 Å². The summed E-state index contributed by atoms with van der Waals surface area (Å²) in [5, 5.41) is 3.17. The van der Waals surface area contributed by atoms with Gasteiger partial charge >= 0.3 is 21.7 Å². The van der Waals surface area contributed by atoms with Gasteiger partial charge in [-0.1, -0.05) is 61.5 Å². The topological polar surface area (TPSA) is 0 Å². The van der Waals surface area contributed by atoms with Crippen molar-refractivity contribution >= 4 is 18.4 Å². The minimum absolute atomic E-state index is 0. The smallest absolute Gasteiger partial charge is 1.00 e. The fourth-order valence-corrected chi connectivity index (χ4v) is 6.80. The monoisotopic (exact) mass is 408 g/mol. The van der Waals surface area contributed by atoms with Crippen LogP contribution < -0.4 is 47.6 Å². The quantitative estimate of drug-likeness (QED) is 0.343. The van der Waals surface area contributed by atoms with Crippen molar-refractivity contribution in [3.63, 3.8) is 0 Å². The molecule has 0 aliphatic carbocycles. The Hall–Kier alpha value is 0.371. The van der Waals surface area contributed by atoms with Crippen molar-refractivity contribution in [2.75, 3.05) is 0 Å². The van der Waals surface area contributed by atoms with Crippen molar-refractivity contribution in [2.45, 2.75) is 40.8 Å². The first-order chi connectivity index (χ1) is 8.32. The first-order valence-corrected chi connectivity index (χ1v) is 9.64. The van der Waals surface area contributed by atoms with E-state index in [1.165, 1.54) is 22.3 Å². The van der Waals surface area contributed by atoms with Crippen LogP contribution in [-0.2, 0) is 21.7 Å². The van der Waals surface area contributed by atoms with Crippen molar-refractivity contribution in [1.29, 1.82) is 0 Å². The zero-order valence-corrected chi connectivity index (χ0v) is 18.8. The minimum atomic E-state index is -1.56. The molecule has 0 aromatic heterocycles. The van der Waals surface area contributed by atoms with Crippen molar-refractivity contribution in [2.24, 2.45) is 0 Å². The second-order valence-electron chi connectivity index (χ2n) is 6.08. The van der Waals surface area contributed by atoms with Crippen LogP contribution in [0.2, 0.25) is 13.1 Å². The maximum Gasteiger partial charge on any atom is 4.00 e. The van der Waals surface area contributed by atoms with E-state index in [1.54, 1.807) is 10.4 Å². The largest absolute Gasteiger partial charge is 4.00 e. The molecule has 0 saturated heterocycles. The Labute approximate surface area is 170 Å². The molecule has 0 aliphatic rings. The van der Waals surface area contributed by atoms with Gasteiger partial charge in [0.15, 0.2) is 0 Å². The predicted octanol–water partition coefficient (Wildman–Crippen LogP) is -5.53. The number of rotatable bonds is 2. The van der Waals surface area contributed by atoms with Gasteiger partial charge in [0.1, 0.15) is 0 Å². The van der Waals surface area contributed by atoms with Gasteiger partial charge in [-0.15, -0.1) is 0 Å². The first-order valence-electron chi connectivity index (χ1n) is 6.64. The molecule has 120 valence electrons. The second-order valence-corrected chi connectivity index (χ2v) is 10.4. The van der Waals surface area contributed by atoms with Crippen LogP contribution in [0.15, 0.2) is 30.3 Å². The Morgan fingerprint density at radius 2 is 1.09 bits per heavy atom. The van der Waals surface area contributed by atoms with Crippen LogP contribution in [0.1, 0.15) is 22.3 Å². The van der Waals surface area contributed by atoms with Gasteiger partial charge in [-0.2, -0.15) is 16.3 Å². The molecule has 0 fully saturated rings. The van der Waals surface area contributed by atoms with E-state index in [1.807, 2.05) is 0 Å². The van der Waals surface area contributed by atoms with Crippen molar-refractivity contribution in [3.05, 3.63) is 52.6 Å². The van der Waals surface area contributed by atoms with Crippen LogP contribution >= 0.6 is 0 Å². The molecular weight excluding hydrogens is 386 g/mol. The molecule has 2 rings (SSSR count). The molecule has 2 aromatic rings. The molecule has 0 spiro atoms. The molecule has 0 heterocycles. The van der Waals surface area contributed by atoms with E-state index in [0.29, 0.717) is 0 Å². The summed E-state index contributed by atoms with van der Waals surface area (Å²) in [4.78, 5) is 0. The number of aryl methyl sites for hydroxylation is 4. The van der Waals surface area contributed by atoms with Gasteiger partial charge in [-0.05, 0) is 13.8 Å². The number of benzene rings is 1. The number of halogens is 3. The Morgan fingerprint density at radius 1 is 0.727 bits per heavy atom. The zero-order valence-electron chi connectivity index (χ0n) is 14.0. The third kappa shape index (κ3) is 5.47. The van der Waals surface area contributed by atoms with E-state index in [4.69, 9.17) is 0 Å². The normalized spacial score (nSPS) is 9.73. The second kappa shape index (κ2) is 10.3. The molecule has 0 radical (unpaired) electrons. The first kappa shape index (κ1) is 27.2. The summed E-state index contributed by atoms with van der Waals surface area (Å²) < 4.78 is 0. The molecule has 0 aliphatic heterocycles. The van der Waals surface area contributed by atoms with E-state index >= 15 is 0 Å². The maximum atomic E-state index is 2.47. The SMILES string of the molecule is Cc1cc(C)cc([Si](C)(C)[c-]2c(C)ccc2C)c1.[Cl-].[Cl-].[Cl-].[Ti+4]. The fraction of sp³-hybridized carbons (Fsp3) is 0.353. The summed E-state index contributed by atoms with van der Waals surface area (Å²) in [7, 11) is -1.56. The average Bonchev–Trinajstić information content (AvgIpc) is 2.57. The van der Waals surface area contributed by atoms with Crippen LogP contribution in [0.4, 0.5) is 0 Å². The van der Waals surface area contributed by atoms with Gasteiger partial charge in [-0.3, -0.25) is 0 Å². The van der Waals surface area contributed by atoms with E-state index in [9.17, 15) is 0 Å². The molecule has 0 atom stereocenters. The Kier molecular flexibility index (Phi) is 12.7. The maximum absolute atomic E-state index is 2.47. The minimum Gasteiger partial charge on any atom is -1.00 e. The standard InChI is InChI=1S/C17H23Si.3ClH.Ti/c1-12-9-13(2)11-16(10-12)18(5,6)17-14(3)7-8-15(17)4;;;;/h7-11H,1-6H3;3*1H;/q-1;;;;+4/p-3. The molecule has 0 saturated carbocycles. The molecule has 0 unspecified atom stereocenters. The van der Waals surface area contributed by atoms with Gasteiger partial charge in [0, 0.05) is 0 Å². The Morgan fingerprint density at radius 3 is 1.45 bits per heavy atom. The molecule has 0 nitrogen and oxygen atoms in total. The predicted molar refractivity (Wildman–Crippen MR) is 84.2 cm³/mol. The summed E-state index contributed by atoms with van der Waals surface area (Å²) in [5.74, 6) is 0. The molecule has 5 heteroatoms. The van der Waals surface area contributed by atoms with Gasteiger partial charge in [-0.25, -0.2) is 12.1 Å². The van der Waals surface area contributed by atoms with Crippen LogP contribution in [0, 0.1) is 27.7 Å². The van der Waals surface area contributed by atoms with Gasteiger partial charge in [0.05, 0.1) is 8.07 Å². The van der Waals surface area contributed by atoms with Gasteiger partial charge < -0.3 is 37.2 Å². The fourth-order valence-electron chi connectivity index (χ4n) is 3.19.